The number of carbonyl (C=O) groups is 1. The highest BCUT2D eigenvalue weighted by Crippen LogP contribution is 2.34. The van der Waals surface area contributed by atoms with Crippen molar-refractivity contribution in [3.8, 4) is 22.4 Å². The van der Waals surface area contributed by atoms with Crippen LogP contribution in [0, 0.1) is 0 Å². The topological polar surface area (TPSA) is 92.4 Å². The van der Waals surface area contributed by atoms with Gasteiger partial charge in [0.1, 0.15) is 0 Å². The summed E-state index contributed by atoms with van der Waals surface area (Å²) in [4.78, 5) is 15.7. The first kappa shape index (κ1) is 20.0. The molecule has 0 fully saturated rings. The van der Waals surface area contributed by atoms with Gasteiger partial charge in [-0.3, -0.25) is 4.40 Å². The Labute approximate surface area is 188 Å². The third-order valence-corrected chi connectivity index (χ3v) is 5.56. The van der Waals surface area contributed by atoms with E-state index in [-0.39, 0.29) is 12.4 Å². The third kappa shape index (κ3) is 3.63. The summed E-state index contributed by atoms with van der Waals surface area (Å²) in [5, 5.41) is 20.6. The van der Waals surface area contributed by atoms with Gasteiger partial charge < -0.3 is 10.4 Å². The van der Waals surface area contributed by atoms with Crippen molar-refractivity contribution in [1.82, 2.24) is 24.9 Å². The molecular weight excluding hydrogens is 426 g/mol. The number of fused-ring (bicyclic) bond motifs is 3. The predicted octanol–water partition coefficient (Wildman–Crippen LogP) is 5.12. The number of nitrogens with one attached hydrogen (secondary N) is 1. The SMILES string of the molecule is O=C(O)NCc1ccc(-c2nc3ccn4c(CCl)nnc4c3cc2-c2ccccc2)cc1. The fourth-order valence-electron chi connectivity index (χ4n) is 3.75. The number of hydrogen-bond donors (Lipinski definition) is 2. The van der Waals surface area contributed by atoms with Crippen molar-refractivity contribution < 1.29 is 9.90 Å². The van der Waals surface area contributed by atoms with Gasteiger partial charge in [0.25, 0.3) is 0 Å². The van der Waals surface area contributed by atoms with E-state index in [0.717, 1.165) is 38.9 Å². The molecule has 0 aliphatic heterocycles. The van der Waals surface area contributed by atoms with Crippen LogP contribution in [0.25, 0.3) is 38.9 Å². The van der Waals surface area contributed by atoms with Crippen LogP contribution in [-0.4, -0.2) is 30.8 Å². The lowest BCUT2D eigenvalue weighted by atomic mass is 9.97. The van der Waals surface area contributed by atoms with Crippen molar-refractivity contribution >= 4 is 34.2 Å². The zero-order chi connectivity index (χ0) is 22.1. The lowest BCUT2D eigenvalue weighted by molar-refractivity contribution is 0.194. The van der Waals surface area contributed by atoms with Crippen LogP contribution in [0.5, 0.6) is 0 Å². The molecule has 8 heteroatoms. The summed E-state index contributed by atoms with van der Waals surface area (Å²) in [5.74, 6) is 0.951. The molecular formula is C24H18ClN5O2. The molecule has 0 spiro atoms. The van der Waals surface area contributed by atoms with Crippen LogP contribution >= 0.6 is 11.6 Å². The summed E-state index contributed by atoms with van der Waals surface area (Å²) in [7, 11) is 0. The Hall–Kier alpha value is -3.97. The number of pyridine rings is 2. The normalized spacial score (nSPS) is 11.2. The first-order chi connectivity index (χ1) is 15.6. The van der Waals surface area contributed by atoms with E-state index in [9.17, 15) is 4.79 Å². The van der Waals surface area contributed by atoms with Crippen LogP contribution in [0.15, 0.2) is 72.9 Å². The summed E-state index contributed by atoms with van der Waals surface area (Å²) >= 11 is 6.01. The molecule has 0 radical (unpaired) electrons. The molecule has 0 saturated carbocycles. The average molecular weight is 444 g/mol. The maximum absolute atomic E-state index is 10.8. The molecule has 0 atom stereocenters. The Bertz CT molecular complexity index is 1430. The minimum atomic E-state index is -1.05. The highest BCUT2D eigenvalue weighted by molar-refractivity contribution is 6.16. The minimum Gasteiger partial charge on any atom is -0.465 e. The van der Waals surface area contributed by atoms with Gasteiger partial charge in [-0.05, 0) is 23.3 Å². The second-order valence-corrected chi connectivity index (χ2v) is 7.57. The molecule has 5 rings (SSSR count). The van der Waals surface area contributed by atoms with Gasteiger partial charge in [0.2, 0.25) is 0 Å². The molecule has 2 N–H and O–H groups in total. The van der Waals surface area contributed by atoms with Crippen LogP contribution in [0.1, 0.15) is 11.4 Å². The van der Waals surface area contributed by atoms with Crippen molar-refractivity contribution in [3.05, 3.63) is 84.3 Å². The summed E-state index contributed by atoms with van der Waals surface area (Å²) in [5.41, 5.74) is 6.17. The van der Waals surface area contributed by atoms with E-state index in [4.69, 9.17) is 21.7 Å². The van der Waals surface area contributed by atoms with Gasteiger partial charge in [-0.1, -0.05) is 54.6 Å². The van der Waals surface area contributed by atoms with Gasteiger partial charge >= 0.3 is 6.09 Å². The van der Waals surface area contributed by atoms with Crippen molar-refractivity contribution in [2.45, 2.75) is 12.4 Å². The van der Waals surface area contributed by atoms with Crippen LogP contribution in [-0.2, 0) is 12.4 Å². The van der Waals surface area contributed by atoms with Crippen molar-refractivity contribution in [2.24, 2.45) is 0 Å². The Morgan fingerprint density at radius 3 is 2.50 bits per heavy atom. The quantitative estimate of drug-likeness (QED) is 0.368. The first-order valence-corrected chi connectivity index (χ1v) is 10.5. The zero-order valence-electron chi connectivity index (χ0n) is 16.9. The fourth-order valence-corrected chi connectivity index (χ4v) is 3.93. The second kappa shape index (κ2) is 8.28. The van der Waals surface area contributed by atoms with Crippen LogP contribution in [0.3, 0.4) is 0 Å². The smallest absolute Gasteiger partial charge is 0.404 e. The van der Waals surface area contributed by atoms with Crippen LogP contribution in [0.4, 0.5) is 4.79 Å². The van der Waals surface area contributed by atoms with Gasteiger partial charge in [-0.2, -0.15) is 0 Å². The highest BCUT2D eigenvalue weighted by Gasteiger charge is 2.15. The number of benzene rings is 2. The summed E-state index contributed by atoms with van der Waals surface area (Å²) in [6, 6.07) is 21.8. The Morgan fingerprint density at radius 2 is 1.78 bits per heavy atom. The molecule has 0 saturated heterocycles. The number of halogens is 1. The van der Waals surface area contributed by atoms with Crippen molar-refractivity contribution in [3.63, 3.8) is 0 Å². The van der Waals surface area contributed by atoms with Crippen molar-refractivity contribution in [2.75, 3.05) is 0 Å². The van der Waals surface area contributed by atoms with Gasteiger partial charge in [0.05, 0.1) is 17.1 Å². The third-order valence-electron chi connectivity index (χ3n) is 5.32. The lowest BCUT2D eigenvalue weighted by Crippen LogP contribution is -2.19. The van der Waals surface area contributed by atoms with Crippen LogP contribution < -0.4 is 5.32 Å². The first-order valence-electron chi connectivity index (χ1n) is 9.99. The minimum absolute atomic E-state index is 0.250. The highest BCUT2D eigenvalue weighted by atomic mass is 35.5. The van der Waals surface area contributed by atoms with E-state index in [1.54, 1.807) is 0 Å². The molecule has 0 aliphatic carbocycles. The maximum atomic E-state index is 10.8. The molecule has 32 heavy (non-hydrogen) atoms. The fraction of sp³-hybridized carbons (Fsp3) is 0.0833. The molecule has 1 amide bonds. The van der Waals surface area contributed by atoms with Gasteiger partial charge in [0.15, 0.2) is 11.5 Å². The zero-order valence-corrected chi connectivity index (χ0v) is 17.6. The molecule has 0 bridgehead atoms. The standard InChI is InChI=1S/C24H18ClN5O2/c25-13-21-28-29-23-19-12-18(16-4-2-1-3-5-16)22(27-20(19)10-11-30(21)23)17-8-6-15(7-9-17)14-26-24(31)32/h1-12,26H,13-14H2,(H,31,32). The Morgan fingerprint density at radius 1 is 1.00 bits per heavy atom. The van der Waals surface area contributed by atoms with Crippen molar-refractivity contribution in [1.29, 1.82) is 0 Å². The predicted molar refractivity (Wildman–Crippen MR) is 124 cm³/mol. The molecule has 3 heterocycles. The molecule has 0 unspecified atom stereocenters. The molecule has 2 aromatic carbocycles. The molecule has 0 aliphatic rings. The monoisotopic (exact) mass is 443 g/mol. The maximum Gasteiger partial charge on any atom is 0.404 e. The molecule has 5 aromatic rings. The summed E-state index contributed by atoms with van der Waals surface area (Å²) < 4.78 is 1.88. The molecule has 3 aromatic heterocycles. The summed E-state index contributed by atoms with van der Waals surface area (Å²) in [6.45, 7) is 0.250. The number of aromatic nitrogens is 4. The number of rotatable bonds is 5. The molecule has 7 nitrogen and oxygen atoms in total. The number of alkyl halides is 1. The van der Waals surface area contributed by atoms with Gasteiger partial charge in [-0.15, -0.1) is 21.8 Å². The number of carboxylic acid groups (broad SMARTS) is 1. The Balaban J connectivity index is 1.69. The second-order valence-electron chi connectivity index (χ2n) is 7.30. The number of hydrogen-bond acceptors (Lipinski definition) is 4. The van der Waals surface area contributed by atoms with E-state index >= 15 is 0 Å². The van der Waals surface area contributed by atoms with E-state index < -0.39 is 6.09 Å². The van der Waals surface area contributed by atoms with E-state index in [2.05, 4.69) is 21.6 Å². The lowest BCUT2D eigenvalue weighted by Gasteiger charge is -2.13. The van der Waals surface area contributed by atoms with Crippen LogP contribution in [0.2, 0.25) is 0 Å². The largest absolute Gasteiger partial charge is 0.465 e. The van der Waals surface area contributed by atoms with Gasteiger partial charge in [0, 0.05) is 29.3 Å². The van der Waals surface area contributed by atoms with E-state index in [0.29, 0.717) is 11.5 Å². The van der Waals surface area contributed by atoms with E-state index in [1.165, 1.54) is 0 Å². The molecule has 158 valence electrons. The average Bonchev–Trinajstić information content (AvgIpc) is 3.26. The number of amides is 1. The number of nitrogens with zero attached hydrogens (tertiary/aromatic N) is 4. The summed E-state index contributed by atoms with van der Waals surface area (Å²) in [6.07, 6.45) is 0.836. The van der Waals surface area contributed by atoms with E-state index in [1.807, 2.05) is 71.3 Å². The Kier molecular flexibility index (Phi) is 5.17. The van der Waals surface area contributed by atoms with Gasteiger partial charge in [-0.25, -0.2) is 9.78 Å².